The van der Waals surface area contributed by atoms with Gasteiger partial charge >= 0.3 is 0 Å². The average molecular weight is 263 g/mol. The molecule has 1 aliphatic rings. The Bertz CT molecular complexity index is 389. The van der Waals surface area contributed by atoms with E-state index in [0.717, 1.165) is 43.5 Å². The predicted octanol–water partition coefficient (Wildman–Crippen LogP) is 3.43. The van der Waals surface area contributed by atoms with E-state index in [1.807, 2.05) is 6.07 Å². The van der Waals surface area contributed by atoms with Crippen LogP contribution in [-0.2, 0) is 6.42 Å². The number of aryl methyl sites for hydroxylation is 1. The number of aromatic nitrogens is 2. The molecular weight excluding hydrogens is 238 g/mol. The Kier molecular flexibility index (Phi) is 5.43. The summed E-state index contributed by atoms with van der Waals surface area (Å²) in [5, 5.41) is 3.31. The van der Waals surface area contributed by atoms with Crippen molar-refractivity contribution in [3.8, 4) is 5.88 Å². The molecule has 1 N–H and O–H groups in total. The highest BCUT2D eigenvalue weighted by molar-refractivity contribution is 5.38. The lowest BCUT2D eigenvalue weighted by Crippen LogP contribution is -2.11. The number of ether oxygens (including phenoxy) is 1. The van der Waals surface area contributed by atoms with Crippen molar-refractivity contribution < 1.29 is 4.74 Å². The van der Waals surface area contributed by atoms with Crippen molar-refractivity contribution in [3.63, 3.8) is 0 Å². The summed E-state index contributed by atoms with van der Waals surface area (Å²) in [6.07, 6.45) is 7.22. The zero-order valence-electron chi connectivity index (χ0n) is 12.1. The van der Waals surface area contributed by atoms with Crippen LogP contribution < -0.4 is 10.1 Å². The molecule has 0 radical (unpaired) electrons. The molecular formula is C15H25N3O. The Labute approximate surface area is 116 Å². The molecule has 2 rings (SSSR count). The lowest BCUT2D eigenvalue weighted by molar-refractivity contribution is 0.242. The molecule has 1 saturated carbocycles. The number of nitrogens with one attached hydrogen (secondary N) is 1. The van der Waals surface area contributed by atoms with Crippen molar-refractivity contribution in [2.24, 2.45) is 5.92 Å². The fourth-order valence-electron chi connectivity index (χ4n) is 2.43. The highest BCUT2D eigenvalue weighted by Crippen LogP contribution is 2.25. The van der Waals surface area contributed by atoms with E-state index in [9.17, 15) is 0 Å². The van der Waals surface area contributed by atoms with Gasteiger partial charge in [-0.3, -0.25) is 0 Å². The fourth-order valence-corrected chi connectivity index (χ4v) is 2.43. The van der Waals surface area contributed by atoms with Gasteiger partial charge in [-0.25, -0.2) is 4.98 Å². The third kappa shape index (κ3) is 4.37. The minimum absolute atomic E-state index is 0.715. The first-order valence-corrected chi connectivity index (χ1v) is 7.56. The van der Waals surface area contributed by atoms with Gasteiger partial charge in [0.1, 0.15) is 11.6 Å². The van der Waals surface area contributed by atoms with E-state index in [1.165, 1.54) is 25.7 Å². The van der Waals surface area contributed by atoms with Crippen LogP contribution in [-0.4, -0.2) is 23.1 Å². The summed E-state index contributed by atoms with van der Waals surface area (Å²) in [4.78, 5) is 8.91. The SMILES string of the molecule is CCCNc1cc(OCC2CCCC2)nc(CC)n1. The monoisotopic (exact) mass is 263 g/mol. The topological polar surface area (TPSA) is 47.0 Å². The molecule has 19 heavy (non-hydrogen) atoms. The second kappa shape index (κ2) is 7.31. The van der Waals surface area contributed by atoms with Crippen LogP contribution in [0.1, 0.15) is 51.8 Å². The van der Waals surface area contributed by atoms with Crippen LogP contribution in [0.4, 0.5) is 5.82 Å². The lowest BCUT2D eigenvalue weighted by atomic mass is 10.1. The molecule has 0 spiro atoms. The maximum absolute atomic E-state index is 5.86. The second-order valence-corrected chi connectivity index (χ2v) is 5.25. The Balaban J connectivity index is 1.96. The van der Waals surface area contributed by atoms with Crippen molar-refractivity contribution in [1.82, 2.24) is 9.97 Å². The minimum Gasteiger partial charge on any atom is -0.477 e. The van der Waals surface area contributed by atoms with E-state index >= 15 is 0 Å². The van der Waals surface area contributed by atoms with E-state index in [4.69, 9.17) is 4.74 Å². The number of nitrogens with zero attached hydrogens (tertiary/aromatic N) is 2. The van der Waals surface area contributed by atoms with Crippen molar-refractivity contribution in [1.29, 1.82) is 0 Å². The van der Waals surface area contributed by atoms with Crippen molar-refractivity contribution in [2.75, 3.05) is 18.5 Å². The molecule has 0 atom stereocenters. The smallest absolute Gasteiger partial charge is 0.218 e. The predicted molar refractivity (Wildman–Crippen MR) is 77.6 cm³/mol. The summed E-state index contributed by atoms with van der Waals surface area (Å²) < 4.78 is 5.86. The molecule has 0 bridgehead atoms. The second-order valence-electron chi connectivity index (χ2n) is 5.25. The molecule has 0 amide bonds. The highest BCUT2D eigenvalue weighted by Gasteiger charge is 2.16. The van der Waals surface area contributed by atoms with Gasteiger partial charge in [0.05, 0.1) is 6.61 Å². The van der Waals surface area contributed by atoms with Crippen molar-refractivity contribution >= 4 is 5.82 Å². The molecule has 1 aromatic rings. The van der Waals surface area contributed by atoms with Gasteiger partial charge in [-0.05, 0) is 25.2 Å². The highest BCUT2D eigenvalue weighted by atomic mass is 16.5. The molecule has 1 aliphatic carbocycles. The maximum atomic E-state index is 5.86. The Morgan fingerprint density at radius 3 is 2.74 bits per heavy atom. The molecule has 106 valence electrons. The van der Waals surface area contributed by atoms with Crippen LogP contribution in [0.5, 0.6) is 5.88 Å². The number of hydrogen-bond donors (Lipinski definition) is 1. The fraction of sp³-hybridized carbons (Fsp3) is 0.733. The zero-order valence-corrected chi connectivity index (χ0v) is 12.1. The Morgan fingerprint density at radius 2 is 2.05 bits per heavy atom. The summed E-state index contributed by atoms with van der Waals surface area (Å²) in [5.74, 6) is 3.17. The molecule has 0 aromatic carbocycles. The summed E-state index contributed by atoms with van der Waals surface area (Å²) in [7, 11) is 0. The third-order valence-corrected chi connectivity index (χ3v) is 3.56. The van der Waals surface area contributed by atoms with Gasteiger partial charge in [0.2, 0.25) is 5.88 Å². The molecule has 1 aromatic heterocycles. The summed E-state index contributed by atoms with van der Waals surface area (Å²) in [6.45, 7) is 5.95. The molecule has 1 heterocycles. The van der Waals surface area contributed by atoms with Gasteiger partial charge in [0, 0.05) is 19.0 Å². The zero-order chi connectivity index (χ0) is 13.5. The van der Waals surface area contributed by atoms with E-state index in [0.29, 0.717) is 5.92 Å². The summed E-state index contributed by atoms with van der Waals surface area (Å²) in [5.41, 5.74) is 0. The van der Waals surface area contributed by atoms with Gasteiger partial charge in [0.15, 0.2) is 0 Å². The minimum atomic E-state index is 0.715. The largest absolute Gasteiger partial charge is 0.477 e. The first-order valence-electron chi connectivity index (χ1n) is 7.56. The lowest BCUT2D eigenvalue weighted by Gasteiger charge is -2.12. The molecule has 1 fully saturated rings. The van der Waals surface area contributed by atoms with Crippen LogP contribution in [0.2, 0.25) is 0 Å². The first-order chi connectivity index (χ1) is 9.31. The normalized spacial score (nSPS) is 15.7. The van der Waals surface area contributed by atoms with E-state index in [2.05, 4.69) is 29.1 Å². The number of rotatable bonds is 7. The number of hydrogen-bond acceptors (Lipinski definition) is 4. The summed E-state index contributed by atoms with van der Waals surface area (Å²) >= 11 is 0. The molecule has 0 unspecified atom stereocenters. The Morgan fingerprint density at radius 1 is 1.26 bits per heavy atom. The third-order valence-electron chi connectivity index (χ3n) is 3.56. The van der Waals surface area contributed by atoms with Crippen molar-refractivity contribution in [3.05, 3.63) is 11.9 Å². The van der Waals surface area contributed by atoms with Gasteiger partial charge in [-0.1, -0.05) is 26.7 Å². The van der Waals surface area contributed by atoms with Crippen LogP contribution >= 0.6 is 0 Å². The van der Waals surface area contributed by atoms with E-state index in [-0.39, 0.29) is 0 Å². The summed E-state index contributed by atoms with van der Waals surface area (Å²) in [6, 6.07) is 1.92. The van der Waals surface area contributed by atoms with Gasteiger partial charge < -0.3 is 10.1 Å². The van der Waals surface area contributed by atoms with Gasteiger partial charge in [0.25, 0.3) is 0 Å². The molecule has 4 nitrogen and oxygen atoms in total. The van der Waals surface area contributed by atoms with Crippen LogP contribution in [0.3, 0.4) is 0 Å². The van der Waals surface area contributed by atoms with Crippen LogP contribution in [0, 0.1) is 5.92 Å². The molecule has 4 heteroatoms. The van der Waals surface area contributed by atoms with E-state index < -0.39 is 0 Å². The molecule has 0 aliphatic heterocycles. The average Bonchev–Trinajstić information content (AvgIpc) is 2.96. The van der Waals surface area contributed by atoms with Crippen LogP contribution in [0.15, 0.2) is 6.07 Å². The first kappa shape index (κ1) is 14.1. The van der Waals surface area contributed by atoms with E-state index in [1.54, 1.807) is 0 Å². The standard InChI is InChI=1S/C15H25N3O/c1-3-9-16-14-10-15(18-13(4-2)17-14)19-11-12-7-5-6-8-12/h10,12H,3-9,11H2,1-2H3,(H,16,17,18). The van der Waals surface area contributed by atoms with Gasteiger partial charge in [-0.15, -0.1) is 0 Å². The maximum Gasteiger partial charge on any atom is 0.218 e. The number of anilines is 1. The van der Waals surface area contributed by atoms with Crippen molar-refractivity contribution in [2.45, 2.75) is 52.4 Å². The van der Waals surface area contributed by atoms with Gasteiger partial charge in [-0.2, -0.15) is 4.98 Å². The Hall–Kier alpha value is -1.32. The van der Waals surface area contributed by atoms with Crippen LogP contribution in [0.25, 0.3) is 0 Å². The molecule has 0 saturated heterocycles. The quantitative estimate of drug-likeness (QED) is 0.818.